The van der Waals surface area contributed by atoms with Crippen molar-refractivity contribution in [3.05, 3.63) is 63.5 Å². The smallest absolute Gasteiger partial charge is 0.293 e. The molecule has 25 heavy (non-hydrogen) atoms. The summed E-state index contributed by atoms with van der Waals surface area (Å²) in [6.45, 7) is 0. The van der Waals surface area contributed by atoms with Gasteiger partial charge in [-0.2, -0.15) is 0 Å². The lowest BCUT2D eigenvalue weighted by Crippen LogP contribution is -2.15. The third-order valence-electron chi connectivity index (χ3n) is 3.06. The number of amides is 2. The quantitative estimate of drug-likeness (QED) is 0.666. The number of aromatic nitrogens is 1. The van der Waals surface area contributed by atoms with Crippen LogP contribution in [0.1, 0.15) is 16.2 Å². The van der Waals surface area contributed by atoms with E-state index in [9.17, 15) is 9.59 Å². The Balaban J connectivity index is 1.58. The van der Waals surface area contributed by atoms with E-state index in [0.717, 1.165) is 0 Å². The molecule has 0 atom stereocenters. The molecule has 0 aliphatic carbocycles. The fourth-order valence-electron chi connectivity index (χ4n) is 1.96. The van der Waals surface area contributed by atoms with Gasteiger partial charge in [0.2, 0.25) is 5.91 Å². The Hall–Kier alpha value is -2.35. The first kappa shape index (κ1) is 17.5. The minimum absolute atomic E-state index is 0.0629. The highest BCUT2D eigenvalue weighted by atomic mass is 35.5. The van der Waals surface area contributed by atoms with Crippen LogP contribution >= 0.6 is 34.5 Å². The highest BCUT2D eigenvalue weighted by Gasteiger charge is 2.13. The highest BCUT2D eigenvalue weighted by Crippen LogP contribution is 2.25. The van der Waals surface area contributed by atoms with Gasteiger partial charge in [0.05, 0.1) is 28.4 Å². The van der Waals surface area contributed by atoms with E-state index in [1.165, 1.54) is 17.6 Å². The van der Waals surface area contributed by atoms with E-state index in [1.54, 1.807) is 35.7 Å². The molecule has 2 heterocycles. The van der Waals surface area contributed by atoms with Crippen LogP contribution < -0.4 is 10.6 Å². The second-order valence-corrected chi connectivity index (χ2v) is 6.60. The van der Waals surface area contributed by atoms with Crippen molar-refractivity contribution in [1.82, 2.24) is 4.98 Å². The van der Waals surface area contributed by atoms with Crippen LogP contribution in [0.25, 0.3) is 0 Å². The molecule has 0 saturated carbocycles. The second-order valence-electron chi connectivity index (χ2n) is 4.93. The van der Waals surface area contributed by atoms with Crippen molar-refractivity contribution >= 4 is 57.2 Å². The molecule has 3 aromatic rings. The molecule has 6 nitrogen and oxygen atoms in total. The van der Waals surface area contributed by atoms with Crippen LogP contribution in [0.2, 0.25) is 10.0 Å². The number of carbonyl (C=O) groups excluding carboxylic acids is 2. The van der Waals surface area contributed by atoms with Crippen molar-refractivity contribution in [3.8, 4) is 0 Å². The molecule has 0 radical (unpaired) electrons. The predicted molar refractivity (Wildman–Crippen MR) is 97.6 cm³/mol. The standard InChI is InChI=1S/C16H11Cl2N3O3S/c17-11-4-3-9(6-12(11)18)19-14(22)7-10-8-25-16(20-10)21-15(23)13-2-1-5-24-13/h1-6,8H,7H2,(H,19,22)(H,20,21,23). The minimum atomic E-state index is -0.397. The molecule has 9 heteroatoms. The number of furan rings is 1. The van der Waals surface area contributed by atoms with Gasteiger partial charge in [-0.25, -0.2) is 4.98 Å². The summed E-state index contributed by atoms with van der Waals surface area (Å²) in [5.74, 6) is -0.465. The second kappa shape index (κ2) is 7.69. The van der Waals surface area contributed by atoms with E-state index in [0.29, 0.717) is 26.6 Å². The van der Waals surface area contributed by atoms with Gasteiger partial charge in [0.15, 0.2) is 10.9 Å². The number of hydrogen-bond acceptors (Lipinski definition) is 5. The number of hydrogen-bond donors (Lipinski definition) is 2. The molecule has 128 valence electrons. The monoisotopic (exact) mass is 395 g/mol. The minimum Gasteiger partial charge on any atom is -0.459 e. The van der Waals surface area contributed by atoms with E-state index < -0.39 is 5.91 Å². The molecule has 1 aromatic carbocycles. The van der Waals surface area contributed by atoms with Gasteiger partial charge < -0.3 is 9.73 Å². The molecule has 0 aliphatic heterocycles. The lowest BCUT2D eigenvalue weighted by atomic mass is 10.3. The maximum Gasteiger partial charge on any atom is 0.293 e. The molecular weight excluding hydrogens is 385 g/mol. The lowest BCUT2D eigenvalue weighted by Gasteiger charge is -2.05. The molecule has 0 bridgehead atoms. The molecule has 0 fully saturated rings. The number of rotatable bonds is 5. The van der Waals surface area contributed by atoms with Gasteiger partial charge in [0.25, 0.3) is 5.91 Å². The van der Waals surface area contributed by atoms with E-state index in [-0.39, 0.29) is 18.1 Å². The van der Waals surface area contributed by atoms with Gasteiger partial charge in [-0.3, -0.25) is 14.9 Å². The molecule has 0 unspecified atom stereocenters. The summed E-state index contributed by atoms with van der Waals surface area (Å²) in [6.07, 6.45) is 1.48. The van der Waals surface area contributed by atoms with Crippen LogP contribution in [0, 0.1) is 0 Å². The predicted octanol–water partition coefficient (Wildman–Crippen LogP) is 4.48. The zero-order valence-electron chi connectivity index (χ0n) is 12.6. The van der Waals surface area contributed by atoms with E-state index in [2.05, 4.69) is 15.6 Å². The third kappa shape index (κ3) is 4.60. The molecule has 0 aliphatic rings. The number of thiazole rings is 1. The fourth-order valence-corrected chi connectivity index (χ4v) is 2.96. The molecule has 2 aromatic heterocycles. The highest BCUT2D eigenvalue weighted by molar-refractivity contribution is 7.14. The number of benzene rings is 1. The zero-order valence-corrected chi connectivity index (χ0v) is 14.9. The molecule has 2 amide bonds. The van der Waals surface area contributed by atoms with Crippen molar-refractivity contribution in [2.45, 2.75) is 6.42 Å². The van der Waals surface area contributed by atoms with Crippen LogP contribution in [0.15, 0.2) is 46.4 Å². The van der Waals surface area contributed by atoms with Crippen LogP contribution in [-0.4, -0.2) is 16.8 Å². The first-order valence-electron chi connectivity index (χ1n) is 7.05. The SMILES string of the molecule is O=C(Cc1csc(NC(=O)c2ccco2)n1)Nc1ccc(Cl)c(Cl)c1. The number of nitrogens with one attached hydrogen (secondary N) is 2. The Morgan fingerprint density at radius 1 is 1.16 bits per heavy atom. The third-order valence-corrected chi connectivity index (χ3v) is 4.61. The molecule has 2 N–H and O–H groups in total. The maximum absolute atomic E-state index is 12.1. The Bertz CT molecular complexity index is 909. The van der Waals surface area contributed by atoms with Crippen LogP contribution in [-0.2, 0) is 11.2 Å². The van der Waals surface area contributed by atoms with Crippen molar-refractivity contribution in [2.24, 2.45) is 0 Å². The average Bonchev–Trinajstić information content (AvgIpc) is 3.23. The van der Waals surface area contributed by atoms with Crippen LogP contribution in [0.3, 0.4) is 0 Å². The van der Waals surface area contributed by atoms with Crippen LogP contribution in [0.5, 0.6) is 0 Å². The van der Waals surface area contributed by atoms with Crippen molar-refractivity contribution in [2.75, 3.05) is 10.6 Å². The summed E-state index contributed by atoms with van der Waals surface area (Å²) in [5.41, 5.74) is 1.08. The number of halogens is 2. The molecule has 3 rings (SSSR count). The molecule has 0 saturated heterocycles. The topological polar surface area (TPSA) is 84.2 Å². The summed E-state index contributed by atoms with van der Waals surface area (Å²) < 4.78 is 5.00. The summed E-state index contributed by atoms with van der Waals surface area (Å²) >= 11 is 13.0. The van der Waals surface area contributed by atoms with Gasteiger partial charge in [-0.1, -0.05) is 23.2 Å². The summed E-state index contributed by atoms with van der Waals surface area (Å²) in [5, 5.41) is 8.18. The number of nitrogens with zero attached hydrogens (tertiary/aromatic N) is 1. The van der Waals surface area contributed by atoms with Crippen molar-refractivity contribution in [1.29, 1.82) is 0 Å². The van der Waals surface area contributed by atoms with Crippen molar-refractivity contribution < 1.29 is 14.0 Å². The Labute approximate surface area is 156 Å². The van der Waals surface area contributed by atoms with E-state index >= 15 is 0 Å². The fraction of sp³-hybridized carbons (Fsp3) is 0.0625. The molecule has 0 spiro atoms. The number of anilines is 2. The largest absolute Gasteiger partial charge is 0.459 e. The maximum atomic E-state index is 12.1. The first-order valence-corrected chi connectivity index (χ1v) is 8.69. The first-order chi connectivity index (χ1) is 12.0. The summed E-state index contributed by atoms with van der Waals surface area (Å²) in [7, 11) is 0. The van der Waals surface area contributed by atoms with Crippen molar-refractivity contribution in [3.63, 3.8) is 0 Å². The Morgan fingerprint density at radius 2 is 2.00 bits per heavy atom. The van der Waals surface area contributed by atoms with Gasteiger partial charge in [-0.05, 0) is 30.3 Å². The summed E-state index contributed by atoms with van der Waals surface area (Å²) in [4.78, 5) is 28.1. The van der Waals surface area contributed by atoms with Crippen LogP contribution in [0.4, 0.5) is 10.8 Å². The average molecular weight is 396 g/mol. The van der Waals surface area contributed by atoms with Gasteiger partial charge >= 0.3 is 0 Å². The lowest BCUT2D eigenvalue weighted by molar-refractivity contribution is -0.115. The van der Waals surface area contributed by atoms with E-state index in [4.69, 9.17) is 27.6 Å². The van der Waals surface area contributed by atoms with E-state index in [1.807, 2.05) is 0 Å². The van der Waals surface area contributed by atoms with Gasteiger partial charge in [0, 0.05) is 11.1 Å². The molecular formula is C16H11Cl2N3O3S. The van der Waals surface area contributed by atoms with Gasteiger partial charge in [0.1, 0.15) is 0 Å². The Kier molecular flexibility index (Phi) is 5.37. The normalized spacial score (nSPS) is 10.5. The Morgan fingerprint density at radius 3 is 2.72 bits per heavy atom. The zero-order chi connectivity index (χ0) is 17.8. The van der Waals surface area contributed by atoms with Gasteiger partial charge in [-0.15, -0.1) is 11.3 Å². The summed E-state index contributed by atoms with van der Waals surface area (Å²) in [6, 6.07) is 7.99. The number of carbonyl (C=O) groups is 2.